The van der Waals surface area contributed by atoms with Crippen LogP contribution in [0.3, 0.4) is 0 Å². The normalized spacial score (nSPS) is 20.8. The summed E-state index contributed by atoms with van der Waals surface area (Å²) in [5.74, 6) is -0.111. The highest BCUT2D eigenvalue weighted by molar-refractivity contribution is 5.77. The fourth-order valence-electron chi connectivity index (χ4n) is 4.51. The van der Waals surface area contributed by atoms with Crippen LogP contribution in [0.4, 0.5) is 4.39 Å². The lowest BCUT2D eigenvalue weighted by atomic mass is 9.73. The first-order valence-corrected chi connectivity index (χ1v) is 11.5. The van der Waals surface area contributed by atoms with Crippen LogP contribution in [0.15, 0.2) is 18.7 Å². The number of nitrogens with zero attached hydrogens (tertiary/aromatic N) is 1. The maximum absolute atomic E-state index is 14.6. The van der Waals surface area contributed by atoms with Gasteiger partial charge in [0.15, 0.2) is 0 Å². The number of halogens is 1. The van der Waals surface area contributed by atoms with E-state index in [0.717, 1.165) is 31.2 Å². The van der Waals surface area contributed by atoms with Gasteiger partial charge in [0.1, 0.15) is 12.2 Å². The third kappa shape index (κ3) is 5.85. The summed E-state index contributed by atoms with van der Waals surface area (Å²) in [6.45, 7) is 7.99. The number of hydrogen-bond acceptors (Lipinski definition) is 6. The Hall–Kier alpha value is -2.03. The van der Waals surface area contributed by atoms with Crippen LogP contribution < -0.4 is 15.4 Å². The zero-order valence-corrected chi connectivity index (χ0v) is 19.3. The summed E-state index contributed by atoms with van der Waals surface area (Å²) in [6.07, 6.45) is 5.50. The predicted molar refractivity (Wildman–Crippen MR) is 120 cm³/mol. The number of rotatable bonds is 11. The van der Waals surface area contributed by atoms with Gasteiger partial charge in [-0.25, -0.2) is 0 Å². The Kier molecular flexibility index (Phi) is 8.25. The molecule has 0 radical (unpaired) electrons. The molecule has 1 aromatic heterocycles. The third-order valence-corrected chi connectivity index (χ3v) is 6.28. The molecule has 1 spiro atoms. The van der Waals surface area contributed by atoms with Crippen molar-refractivity contribution in [2.75, 3.05) is 20.3 Å². The van der Waals surface area contributed by atoms with Gasteiger partial charge in [-0.3, -0.25) is 4.79 Å². The highest BCUT2D eigenvalue weighted by atomic mass is 19.1. The van der Waals surface area contributed by atoms with Crippen molar-refractivity contribution in [3.05, 3.63) is 35.8 Å². The molecular formula is C24H36FN3O4. The fourth-order valence-corrected chi connectivity index (χ4v) is 4.51. The Bertz CT molecular complexity index is 813. The number of ether oxygens (including phenoxy) is 2. The first kappa shape index (κ1) is 24.6. The number of aliphatic hydroxyl groups excluding tert-OH is 1. The minimum absolute atomic E-state index is 0.0699. The highest BCUT2D eigenvalue weighted by Gasteiger charge is 2.46. The van der Waals surface area contributed by atoms with Crippen molar-refractivity contribution in [1.82, 2.24) is 15.6 Å². The smallest absolute Gasteiger partial charge is 0.246 e. The lowest BCUT2D eigenvalue weighted by molar-refractivity contribution is -0.126. The van der Waals surface area contributed by atoms with E-state index in [4.69, 9.17) is 9.47 Å². The number of hydrogen-bond donors (Lipinski definition) is 3. The first-order valence-electron chi connectivity index (χ1n) is 11.5. The number of amides is 1. The van der Waals surface area contributed by atoms with E-state index < -0.39 is 18.1 Å². The highest BCUT2D eigenvalue weighted by Crippen LogP contribution is 2.48. The van der Waals surface area contributed by atoms with Crippen molar-refractivity contribution in [3.63, 3.8) is 0 Å². The fraction of sp³-hybridized carbons (Fsp3) is 0.667. The minimum Gasteiger partial charge on any atom is -0.471 e. The Morgan fingerprint density at radius 2 is 2.25 bits per heavy atom. The summed E-state index contributed by atoms with van der Waals surface area (Å²) in [6, 6.07) is 1.25. The van der Waals surface area contributed by atoms with Gasteiger partial charge in [0.25, 0.3) is 0 Å². The molecule has 3 atom stereocenters. The molecule has 32 heavy (non-hydrogen) atoms. The topological polar surface area (TPSA) is 92.7 Å². The summed E-state index contributed by atoms with van der Waals surface area (Å²) in [5.41, 5.74) is 1.09. The number of aliphatic hydroxyl groups is 1. The Labute approximate surface area is 189 Å². The van der Waals surface area contributed by atoms with Crippen LogP contribution in [0.25, 0.3) is 0 Å². The lowest BCUT2D eigenvalue weighted by Crippen LogP contribution is -2.52. The predicted octanol–water partition coefficient (Wildman–Crippen LogP) is 2.82. The molecule has 1 aliphatic heterocycles. The van der Waals surface area contributed by atoms with E-state index >= 15 is 0 Å². The zero-order chi connectivity index (χ0) is 23.3. The SMILES string of the molecule is C=CC[C@H](NC(=O)COC)[C@H](O)CN[C@H]1CC2(CCC2)Oc2nc(F)c(CC(C)C)cc21. The van der Waals surface area contributed by atoms with Crippen LogP contribution in [-0.2, 0) is 16.0 Å². The molecule has 8 heteroatoms. The summed E-state index contributed by atoms with van der Waals surface area (Å²) in [7, 11) is 1.45. The van der Waals surface area contributed by atoms with E-state index in [0.29, 0.717) is 30.2 Å². The van der Waals surface area contributed by atoms with E-state index in [1.54, 1.807) is 6.08 Å². The minimum atomic E-state index is -0.832. The molecule has 1 aromatic rings. The third-order valence-electron chi connectivity index (χ3n) is 6.28. The number of pyridine rings is 1. The van der Waals surface area contributed by atoms with Crippen LogP contribution in [0.1, 0.15) is 63.1 Å². The number of carbonyl (C=O) groups is 1. The summed E-state index contributed by atoms with van der Waals surface area (Å²) in [5, 5.41) is 17.0. The van der Waals surface area contributed by atoms with Crippen LogP contribution >= 0.6 is 0 Å². The van der Waals surface area contributed by atoms with Crippen molar-refractivity contribution in [1.29, 1.82) is 0 Å². The molecule has 2 heterocycles. The van der Waals surface area contributed by atoms with Gasteiger partial charge in [0.2, 0.25) is 17.7 Å². The van der Waals surface area contributed by atoms with Gasteiger partial charge in [0, 0.05) is 37.2 Å². The molecule has 0 aromatic carbocycles. The van der Waals surface area contributed by atoms with Crippen molar-refractivity contribution >= 4 is 5.91 Å². The number of methoxy groups -OCH3 is 1. The Morgan fingerprint density at radius 3 is 2.84 bits per heavy atom. The summed E-state index contributed by atoms with van der Waals surface area (Å²) < 4.78 is 25.6. The standard InChI is InChI=1S/C24H36FN3O4/c1-5-7-18(27-21(30)14-31-4)20(29)13-26-19-12-24(8-6-9-24)32-23-17(19)11-16(10-15(2)3)22(25)28-23/h5,11,15,18-20,26,29H,1,6-10,12-14H2,2-4H3,(H,27,30)/t18-,19-,20+/m0/s1. The molecule has 1 amide bonds. The van der Waals surface area contributed by atoms with Crippen LogP contribution in [0.2, 0.25) is 0 Å². The molecule has 0 unspecified atom stereocenters. The Balaban J connectivity index is 1.76. The van der Waals surface area contributed by atoms with Gasteiger partial charge in [-0.15, -0.1) is 6.58 Å². The van der Waals surface area contributed by atoms with E-state index in [1.165, 1.54) is 7.11 Å². The van der Waals surface area contributed by atoms with E-state index in [2.05, 4.69) is 22.2 Å². The second kappa shape index (κ2) is 10.7. The van der Waals surface area contributed by atoms with E-state index in [1.807, 2.05) is 19.9 Å². The Morgan fingerprint density at radius 1 is 1.50 bits per heavy atom. The number of aromatic nitrogens is 1. The van der Waals surface area contributed by atoms with Crippen molar-refractivity contribution in [2.24, 2.45) is 5.92 Å². The molecule has 0 saturated heterocycles. The van der Waals surface area contributed by atoms with Crippen LogP contribution in [-0.4, -0.2) is 54.0 Å². The first-order chi connectivity index (χ1) is 15.3. The maximum Gasteiger partial charge on any atom is 0.246 e. The van der Waals surface area contributed by atoms with Crippen molar-refractivity contribution in [3.8, 4) is 5.88 Å². The molecule has 0 bridgehead atoms. The second-order valence-electron chi connectivity index (χ2n) is 9.43. The lowest BCUT2D eigenvalue weighted by Gasteiger charge is -2.47. The van der Waals surface area contributed by atoms with Gasteiger partial charge in [-0.05, 0) is 44.1 Å². The summed E-state index contributed by atoms with van der Waals surface area (Å²) in [4.78, 5) is 16.1. The van der Waals surface area contributed by atoms with Gasteiger partial charge in [-0.2, -0.15) is 9.37 Å². The largest absolute Gasteiger partial charge is 0.471 e. The van der Waals surface area contributed by atoms with Gasteiger partial charge >= 0.3 is 0 Å². The zero-order valence-electron chi connectivity index (χ0n) is 19.3. The average Bonchev–Trinajstić information content (AvgIpc) is 2.70. The maximum atomic E-state index is 14.6. The van der Waals surface area contributed by atoms with Gasteiger partial charge in [-0.1, -0.05) is 19.9 Å². The number of carbonyl (C=O) groups excluding carboxylic acids is 1. The molecule has 7 nitrogen and oxygen atoms in total. The summed E-state index contributed by atoms with van der Waals surface area (Å²) >= 11 is 0. The quantitative estimate of drug-likeness (QED) is 0.355. The van der Waals surface area contributed by atoms with Gasteiger partial charge in [0.05, 0.1) is 12.1 Å². The average molecular weight is 450 g/mol. The molecule has 2 aliphatic rings. The number of fused-ring (bicyclic) bond motifs is 1. The molecular weight excluding hydrogens is 413 g/mol. The molecule has 1 aliphatic carbocycles. The molecule has 1 fully saturated rings. The molecule has 3 rings (SSSR count). The van der Waals surface area contributed by atoms with Crippen LogP contribution in [0.5, 0.6) is 5.88 Å². The van der Waals surface area contributed by atoms with E-state index in [9.17, 15) is 14.3 Å². The van der Waals surface area contributed by atoms with Gasteiger partial charge < -0.3 is 25.2 Å². The monoisotopic (exact) mass is 449 g/mol. The van der Waals surface area contributed by atoms with E-state index in [-0.39, 0.29) is 30.7 Å². The number of nitrogens with one attached hydrogen (secondary N) is 2. The second-order valence-corrected chi connectivity index (χ2v) is 9.43. The molecule has 1 saturated carbocycles. The van der Waals surface area contributed by atoms with Crippen LogP contribution in [0, 0.1) is 11.9 Å². The molecule has 3 N–H and O–H groups in total. The van der Waals surface area contributed by atoms with Crippen molar-refractivity contribution < 1.29 is 23.8 Å². The van der Waals surface area contributed by atoms with Crippen molar-refractivity contribution in [2.45, 2.75) is 76.2 Å². The molecule has 178 valence electrons.